The van der Waals surface area contributed by atoms with Gasteiger partial charge < -0.3 is 15.4 Å². The average Bonchev–Trinajstić information content (AvgIpc) is 2.65. The van der Waals surface area contributed by atoms with Gasteiger partial charge in [0.25, 0.3) is 11.8 Å². The molecule has 0 aliphatic carbocycles. The van der Waals surface area contributed by atoms with Crippen molar-refractivity contribution in [2.75, 3.05) is 11.9 Å². The molecule has 2 aromatic rings. The Kier molecular flexibility index (Phi) is 5.78. The Bertz CT molecular complexity index is 965. The first-order chi connectivity index (χ1) is 14.0. The quantitative estimate of drug-likeness (QED) is 0.769. The van der Waals surface area contributed by atoms with E-state index >= 15 is 0 Å². The molecule has 0 aromatic heterocycles. The van der Waals surface area contributed by atoms with Gasteiger partial charge in [-0.2, -0.15) is 13.2 Å². The van der Waals surface area contributed by atoms with E-state index in [1.54, 1.807) is 24.3 Å². The molecule has 160 valence electrons. The molecule has 2 amide bonds. The topological polar surface area (TPSA) is 67.4 Å². The lowest BCUT2D eigenvalue weighted by Crippen LogP contribution is -2.45. The number of carbonyl (C=O) groups is 2. The first kappa shape index (κ1) is 21.7. The maximum Gasteiger partial charge on any atom is 0.416 e. The van der Waals surface area contributed by atoms with E-state index in [1.807, 2.05) is 20.8 Å². The average molecular weight is 420 g/mol. The highest BCUT2D eigenvalue weighted by Crippen LogP contribution is 2.35. The maximum absolute atomic E-state index is 13.4. The number of hydrogen-bond donors (Lipinski definition) is 2. The van der Waals surface area contributed by atoms with Gasteiger partial charge in [-0.25, -0.2) is 0 Å². The number of rotatable bonds is 4. The van der Waals surface area contributed by atoms with E-state index in [0.29, 0.717) is 5.69 Å². The van der Waals surface area contributed by atoms with E-state index in [4.69, 9.17) is 4.74 Å². The van der Waals surface area contributed by atoms with Gasteiger partial charge in [0, 0.05) is 6.04 Å². The summed E-state index contributed by atoms with van der Waals surface area (Å²) >= 11 is 0. The lowest BCUT2D eigenvalue weighted by atomic mass is 9.82. The van der Waals surface area contributed by atoms with E-state index in [-0.39, 0.29) is 35.8 Å². The van der Waals surface area contributed by atoms with Crippen LogP contribution in [0.15, 0.2) is 42.5 Å². The summed E-state index contributed by atoms with van der Waals surface area (Å²) in [7, 11) is 0. The molecule has 1 heterocycles. The molecule has 2 N–H and O–H groups in total. The summed E-state index contributed by atoms with van der Waals surface area (Å²) in [6.45, 7) is 5.35. The summed E-state index contributed by atoms with van der Waals surface area (Å²) in [6, 6.07) is 9.56. The number of alkyl halides is 3. The van der Waals surface area contributed by atoms with Crippen molar-refractivity contribution < 1.29 is 27.5 Å². The van der Waals surface area contributed by atoms with Crippen molar-refractivity contribution in [3.8, 4) is 5.75 Å². The Morgan fingerprint density at radius 2 is 1.83 bits per heavy atom. The van der Waals surface area contributed by atoms with Crippen LogP contribution in [0.2, 0.25) is 0 Å². The normalized spacial score (nSPS) is 14.9. The predicted octanol–water partition coefficient (Wildman–Crippen LogP) is 4.42. The number of hydrogen-bond acceptors (Lipinski definition) is 3. The number of fused-ring (bicyclic) bond motifs is 1. The van der Waals surface area contributed by atoms with Crippen LogP contribution in [-0.4, -0.2) is 24.5 Å². The second kappa shape index (κ2) is 8.01. The summed E-state index contributed by atoms with van der Waals surface area (Å²) in [5, 5.41) is 5.50. The van der Waals surface area contributed by atoms with Gasteiger partial charge in [0.1, 0.15) is 0 Å². The third kappa shape index (κ3) is 4.75. The van der Waals surface area contributed by atoms with E-state index in [2.05, 4.69) is 10.6 Å². The van der Waals surface area contributed by atoms with E-state index in [9.17, 15) is 22.8 Å². The fraction of sp³-hybridized carbons (Fsp3) is 0.364. The molecule has 1 atom stereocenters. The Morgan fingerprint density at radius 1 is 1.13 bits per heavy atom. The third-order valence-corrected chi connectivity index (χ3v) is 4.98. The molecule has 0 spiro atoms. The first-order valence-electron chi connectivity index (χ1n) is 9.48. The number of halogens is 3. The largest absolute Gasteiger partial charge is 0.481 e. The highest BCUT2D eigenvalue weighted by Gasteiger charge is 2.35. The van der Waals surface area contributed by atoms with E-state index in [0.717, 1.165) is 6.07 Å². The second-order valence-corrected chi connectivity index (χ2v) is 8.27. The Labute approximate surface area is 172 Å². The van der Waals surface area contributed by atoms with Crippen LogP contribution < -0.4 is 15.4 Å². The maximum atomic E-state index is 13.4. The molecule has 3 rings (SSSR count). The predicted molar refractivity (Wildman–Crippen MR) is 106 cm³/mol. The third-order valence-electron chi connectivity index (χ3n) is 4.98. The fourth-order valence-electron chi connectivity index (χ4n) is 3.30. The molecule has 30 heavy (non-hydrogen) atoms. The van der Waals surface area contributed by atoms with Gasteiger partial charge in [0.2, 0.25) is 0 Å². The van der Waals surface area contributed by atoms with Crippen LogP contribution in [0, 0.1) is 5.41 Å². The van der Waals surface area contributed by atoms with Gasteiger partial charge in [0.05, 0.1) is 16.8 Å². The van der Waals surface area contributed by atoms with Crippen molar-refractivity contribution in [3.05, 3.63) is 59.2 Å². The Balaban J connectivity index is 1.89. The summed E-state index contributed by atoms with van der Waals surface area (Å²) < 4.78 is 45.6. The smallest absolute Gasteiger partial charge is 0.416 e. The number of amides is 2. The van der Waals surface area contributed by atoms with E-state index < -0.39 is 29.1 Å². The minimum atomic E-state index is -4.48. The van der Waals surface area contributed by atoms with Crippen LogP contribution in [0.4, 0.5) is 18.9 Å². The van der Waals surface area contributed by atoms with Crippen molar-refractivity contribution in [3.63, 3.8) is 0 Å². The van der Waals surface area contributed by atoms with Gasteiger partial charge in [0.15, 0.2) is 12.4 Å². The van der Waals surface area contributed by atoms with Crippen LogP contribution in [0.25, 0.3) is 0 Å². The molecule has 8 heteroatoms. The van der Waals surface area contributed by atoms with Gasteiger partial charge in [-0.3, -0.25) is 9.59 Å². The SMILES string of the molecule is CC(C)(C)[C@@H](Cc1ccccc1C(F)(F)F)NC(=O)c1cccc2c1OCC(=O)N2. The molecular formula is C22H23F3N2O3. The lowest BCUT2D eigenvalue weighted by molar-refractivity contribution is -0.138. The highest BCUT2D eigenvalue weighted by molar-refractivity contribution is 6.03. The van der Waals surface area contributed by atoms with Crippen LogP contribution in [-0.2, 0) is 17.4 Å². The fourth-order valence-corrected chi connectivity index (χ4v) is 3.30. The zero-order valence-corrected chi connectivity index (χ0v) is 16.9. The number of carbonyl (C=O) groups excluding carboxylic acids is 2. The van der Waals surface area contributed by atoms with Crippen molar-refractivity contribution in [1.29, 1.82) is 0 Å². The van der Waals surface area contributed by atoms with Crippen molar-refractivity contribution in [2.45, 2.75) is 39.4 Å². The standard InChI is InChI=1S/C22H23F3N2O3/c1-21(2,3)17(11-13-7-4-5-9-15(13)22(23,24)25)27-20(29)14-8-6-10-16-19(14)30-12-18(28)26-16/h4-10,17H,11-12H2,1-3H3,(H,26,28)(H,27,29)/t17-/m1/s1. The molecule has 2 aromatic carbocycles. The second-order valence-electron chi connectivity index (χ2n) is 8.27. The lowest BCUT2D eigenvalue weighted by Gasteiger charge is -2.33. The molecule has 0 bridgehead atoms. The zero-order valence-electron chi connectivity index (χ0n) is 16.9. The summed E-state index contributed by atoms with van der Waals surface area (Å²) in [4.78, 5) is 24.5. The molecule has 0 fully saturated rings. The molecular weight excluding hydrogens is 397 g/mol. The summed E-state index contributed by atoms with van der Waals surface area (Å²) in [5.41, 5.74) is -0.516. The van der Waals surface area contributed by atoms with Crippen LogP contribution in [0.1, 0.15) is 42.3 Å². The summed E-state index contributed by atoms with van der Waals surface area (Å²) in [6.07, 6.45) is -4.47. The van der Waals surface area contributed by atoms with Gasteiger partial charge in [-0.15, -0.1) is 0 Å². The van der Waals surface area contributed by atoms with Crippen molar-refractivity contribution in [2.24, 2.45) is 5.41 Å². The molecule has 1 aliphatic rings. The Hall–Kier alpha value is -3.03. The van der Waals surface area contributed by atoms with Crippen LogP contribution in [0.5, 0.6) is 5.75 Å². The van der Waals surface area contributed by atoms with Crippen LogP contribution >= 0.6 is 0 Å². The number of nitrogens with one attached hydrogen (secondary N) is 2. The van der Waals surface area contributed by atoms with Crippen LogP contribution in [0.3, 0.4) is 0 Å². The summed E-state index contributed by atoms with van der Waals surface area (Å²) in [5.74, 6) is -0.554. The van der Waals surface area contributed by atoms with Gasteiger partial charge in [-0.05, 0) is 35.6 Å². The van der Waals surface area contributed by atoms with Crippen molar-refractivity contribution in [1.82, 2.24) is 5.32 Å². The number of benzene rings is 2. The highest BCUT2D eigenvalue weighted by atomic mass is 19.4. The number of para-hydroxylation sites is 1. The molecule has 0 radical (unpaired) electrons. The minimum Gasteiger partial charge on any atom is -0.481 e. The minimum absolute atomic E-state index is 0.0114. The molecule has 0 saturated carbocycles. The molecule has 5 nitrogen and oxygen atoms in total. The Morgan fingerprint density at radius 3 is 2.50 bits per heavy atom. The van der Waals surface area contributed by atoms with Crippen molar-refractivity contribution >= 4 is 17.5 Å². The van der Waals surface area contributed by atoms with E-state index in [1.165, 1.54) is 12.1 Å². The molecule has 1 aliphatic heterocycles. The first-order valence-corrected chi connectivity index (χ1v) is 9.48. The number of ether oxygens (including phenoxy) is 1. The van der Waals surface area contributed by atoms with Gasteiger partial charge in [-0.1, -0.05) is 45.0 Å². The zero-order chi connectivity index (χ0) is 22.1. The molecule has 0 saturated heterocycles. The number of anilines is 1. The van der Waals surface area contributed by atoms with Gasteiger partial charge >= 0.3 is 6.18 Å². The molecule has 0 unspecified atom stereocenters. The monoisotopic (exact) mass is 420 g/mol.